The molecule has 5 heteroatoms. The highest BCUT2D eigenvalue weighted by Crippen LogP contribution is 2.41. The smallest absolute Gasteiger partial charge is 0.256 e. The molecule has 3 rings (SSSR count). The number of hydrogen-bond acceptors (Lipinski definition) is 3. The van der Waals surface area contributed by atoms with Crippen molar-refractivity contribution in [3.05, 3.63) is 54.1 Å². The molecule has 0 radical (unpaired) electrons. The summed E-state index contributed by atoms with van der Waals surface area (Å²) in [6.07, 6.45) is 5.14. The van der Waals surface area contributed by atoms with Gasteiger partial charge in [0.2, 0.25) is 0 Å². The molecule has 30 heavy (non-hydrogen) atoms. The van der Waals surface area contributed by atoms with Crippen LogP contribution in [-0.4, -0.2) is 17.9 Å². The first kappa shape index (κ1) is 22.0. The molecule has 1 heterocycles. The summed E-state index contributed by atoms with van der Waals surface area (Å²) in [6, 6.07) is 15.1. The van der Waals surface area contributed by atoms with Gasteiger partial charge in [-0.3, -0.25) is 15.0 Å². The summed E-state index contributed by atoms with van der Waals surface area (Å²) in [5.74, 6) is -0.776. The van der Waals surface area contributed by atoms with Crippen LogP contribution in [0.1, 0.15) is 64.4 Å². The van der Waals surface area contributed by atoms with Crippen LogP contribution in [0.5, 0.6) is 0 Å². The zero-order valence-electron chi connectivity index (χ0n) is 18.2. The molecular formula is C25H33N3O2. The van der Waals surface area contributed by atoms with E-state index >= 15 is 0 Å². The Bertz CT molecular complexity index is 893. The normalized spacial score (nSPS) is 16.6. The van der Waals surface area contributed by atoms with E-state index in [9.17, 15) is 9.59 Å². The molecule has 2 atom stereocenters. The molecule has 2 aromatic rings. The third kappa shape index (κ3) is 4.57. The molecule has 0 aromatic heterocycles. The summed E-state index contributed by atoms with van der Waals surface area (Å²) in [7, 11) is 0. The minimum atomic E-state index is -0.682. The lowest BCUT2D eigenvalue weighted by Crippen LogP contribution is -2.54. The van der Waals surface area contributed by atoms with Gasteiger partial charge in [-0.1, -0.05) is 88.9 Å². The van der Waals surface area contributed by atoms with E-state index in [1.807, 2.05) is 56.3 Å². The minimum absolute atomic E-state index is 0.0237. The van der Waals surface area contributed by atoms with Crippen LogP contribution in [0.2, 0.25) is 0 Å². The Balaban J connectivity index is 2.02. The van der Waals surface area contributed by atoms with Crippen molar-refractivity contribution in [1.29, 1.82) is 0 Å². The maximum atomic E-state index is 13.7. The fraction of sp³-hybridized carbons (Fsp3) is 0.440. The van der Waals surface area contributed by atoms with E-state index in [4.69, 9.17) is 5.73 Å². The van der Waals surface area contributed by atoms with Crippen LogP contribution in [0.15, 0.2) is 48.5 Å². The molecule has 0 aliphatic carbocycles. The van der Waals surface area contributed by atoms with E-state index in [0.29, 0.717) is 5.69 Å². The fourth-order valence-corrected chi connectivity index (χ4v) is 4.01. The Morgan fingerprint density at radius 1 is 1.03 bits per heavy atom. The highest BCUT2D eigenvalue weighted by Gasteiger charge is 2.35. The third-order valence-corrected chi connectivity index (χ3v) is 5.88. The monoisotopic (exact) mass is 407 g/mol. The standard InChI is InChI=1S/C25H33N3O2/c1-4-5-6-7-15-21-19-13-9-8-12-18(19)20-14-10-11-16-22(20)28(25(21)30)27-24(29)23(26)17(2)3/h8-14,16-17,21,23H,4-7,15,26H2,1-3H3,(H,27,29)/t21?,23-/m0/s1. The van der Waals surface area contributed by atoms with Crippen LogP contribution in [0.3, 0.4) is 0 Å². The van der Waals surface area contributed by atoms with Gasteiger partial charge in [-0.15, -0.1) is 0 Å². The van der Waals surface area contributed by atoms with Gasteiger partial charge in [-0.25, -0.2) is 5.01 Å². The van der Waals surface area contributed by atoms with Gasteiger partial charge >= 0.3 is 0 Å². The molecule has 1 aliphatic rings. The van der Waals surface area contributed by atoms with Crippen LogP contribution in [-0.2, 0) is 9.59 Å². The van der Waals surface area contributed by atoms with Gasteiger partial charge in [0.25, 0.3) is 11.8 Å². The number of nitrogens with one attached hydrogen (secondary N) is 1. The van der Waals surface area contributed by atoms with Crippen LogP contribution in [0.25, 0.3) is 11.1 Å². The van der Waals surface area contributed by atoms with Gasteiger partial charge in [0.05, 0.1) is 17.6 Å². The Morgan fingerprint density at radius 2 is 1.70 bits per heavy atom. The second kappa shape index (κ2) is 9.90. The molecule has 0 saturated heterocycles. The first-order valence-electron chi connectivity index (χ1n) is 11.0. The number of fused-ring (bicyclic) bond motifs is 3. The molecule has 2 aromatic carbocycles. The highest BCUT2D eigenvalue weighted by molar-refractivity contribution is 6.06. The quantitative estimate of drug-likeness (QED) is 0.619. The van der Waals surface area contributed by atoms with Gasteiger partial charge in [0.15, 0.2) is 0 Å². The molecule has 1 unspecified atom stereocenters. The Labute approximate surface area is 179 Å². The van der Waals surface area contributed by atoms with Gasteiger partial charge in [-0.2, -0.15) is 0 Å². The van der Waals surface area contributed by atoms with E-state index in [-0.39, 0.29) is 23.7 Å². The number of nitrogens with two attached hydrogens (primary N) is 1. The number of rotatable bonds is 8. The number of carbonyl (C=O) groups is 2. The first-order valence-corrected chi connectivity index (χ1v) is 11.0. The summed E-state index contributed by atoms with van der Waals surface area (Å²) < 4.78 is 0. The molecule has 3 N–H and O–H groups in total. The molecule has 0 saturated carbocycles. The first-order chi connectivity index (χ1) is 14.5. The van der Waals surface area contributed by atoms with E-state index in [2.05, 4.69) is 18.4 Å². The molecule has 5 nitrogen and oxygen atoms in total. The van der Waals surface area contributed by atoms with E-state index < -0.39 is 6.04 Å². The zero-order chi connectivity index (χ0) is 21.7. The number of para-hydroxylation sites is 1. The summed E-state index contributed by atoms with van der Waals surface area (Å²) >= 11 is 0. The van der Waals surface area contributed by atoms with Crippen molar-refractivity contribution in [3.8, 4) is 11.1 Å². The average molecular weight is 408 g/mol. The van der Waals surface area contributed by atoms with Crippen molar-refractivity contribution in [2.24, 2.45) is 11.7 Å². The predicted molar refractivity (Wildman–Crippen MR) is 122 cm³/mol. The Morgan fingerprint density at radius 3 is 2.40 bits per heavy atom. The van der Waals surface area contributed by atoms with Crippen molar-refractivity contribution >= 4 is 17.5 Å². The number of hydrogen-bond donors (Lipinski definition) is 2. The van der Waals surface area contributed by atoms with Crippen molar-refractivity contribution in [1.82, 2.24) is 5.43 Å². The van der Waals surface area contributed by atoms with Crippen LogP contribution in [0, 0.1) is 5.92 Å². The molecule has 0 bridgehead atoms. The number of benzene rings is 2. The lowest BCUT2D eigenvalue weighted by atomic mass is 9.87. The lowest BCUT2D eigenvalue weighted by molar-refractivity contribution is -0.128. The van der Waals surface area contributed by atoms with Crippen molar-refractivity contribution < 1.29 is 9.59 Å². The van der Waals surface area contributed by atoms with E-state index in [0.717, 1.165) is 48.8 Å². The number of nitrogens with zero attached hydrogens (tertiary/aromatic N) is 1. The number of amides is 2. The molecule has 2 amide bonds. The Kier molecular flexibility index (Phi) is 7.27. The predicted octanol–water partition coefficient (Wildman–Crippen LogP) is 4.77. The van der Waals surface area contributed by atoms with Crippen LogP contribution < -0.4 is 16.2 Å². The largest absolute Gasteiger partial charge is 0.320 e. The molecule has 160 valence electrons. The minimum Gasteiger partial charge on any atom is -0.320 e. The maximum Gasteiger partial charge on any atom is 0.256 e. The summed E-state index contributed by atoms with van der Waals surface area (Å²) in [5.41, 5.74) is 12.6. The van der Waals surface area contributed by atoms with Gasteiger partial charge in [-0.05, 0) is 29.5 Å². The highest BCUT2D eigenvalue weighted by atomic mass is 16.2. The molecule has 1 aliphatic heterocycles. The molecule has 0 spiro atoms. The number of hydrazine groups is 1. The van der Waals surface area contributed by atoms with Crippen LogP contribution >= 0.6 is 0 Å². The molecule has 0 fully saturated rings. The second-order valence-electron chi connectivity index (χ2n) is 8.43. The summed E-state index contributed by atoms with van der Waals surface area (Å²) in [5, 5.41) is 1.43. The zero-order valence-corrected chi connectivity index (χ0v) is 18.2. The van der Waals surface area contributed by atoms with Crippen molar-refractivity contribution in [2.75, 3.05) is 5.01 Å². The van der Waals surface area contributed by atoms with Gasteiger partial charge in [0.1, 0.15) is 0 Å². The van der Waals surface area contributed by atoms with E-state index in [1.165, 1.54) is 5.01 Å². The number of carbonyl (C=O) groups excluding carboxylic acids is 2. The van der Waals surface area contributed by atoms with Crippen molar-refractivity contribution in [3.63, 3.8) is 0 Å². The average Bonchev–Trinajstić information content (AvgIpc) is 2.85. The third-order valence-electron chi connectivity index (χ3n) is 5.88. The summed E-state index contributed by atoms with van der Waals surface area (Å²) in [6.45, 7) is 5.97. The second-order valence-corrected chi connectivity index (χ2v) is 8.43. The maximum absolute atomic E-state index is 13.7. The lowest BCUT2D eigenvalue weighted by Gasteiger charge is -2.28. The SMILES string of the molecule is CCCCCCC1C(=O)N(NC(=O)[C@@H](N)C(C)C)c2ccccc2-c2ccccc21. The summed E-state index contributed by atoms with van der Waals surface area (Å²) in [4.78, 5) is 26.5. The fourth-order valence-electron chi connectivity index (χ4n) is 4.01. The number of unbranched alkanes of at least 4 members (excludes halogenated alkanes) is 3. The number of anilines is 1. The Hall–Kier alpha value is -2.66. The van der Waals surface area contributed by atoms with Crippen LogP contribution in [0.4, 0.5) is 5.69 Å². The van der Waals surface area contributed by atoms with Gasteiger partial charge in [0, 0.05) is 5.56 Å². The van der Waals surface area contributed by atoms with Gasteiger partial charge < -0.3 is 5.73 Å². The van der Waals surface area contributed by atoms with E-state index in [1.54, 1.807) is 0 Å². The molecular weight excluding hydrogens is 374 g/mol. The van der Waals surface area contributed by atoms with Crippen molar-refractivity contribution in [2.45, 2.75) is 64.8 Å². The topological polar surface area (TPSA) is 75.4 Å².